The Kier molecular flexibility index (Phi) is 33.3. The summed E-state index contributed by atoms with van der Waals surface area (Å²) in [5, 5.41) is 0. The maximum Gasteiger partial charge on any atom is 2.00 e. The second-order valence-electron chi connectivity index (χ2n) is 4.54. The van der Waals surface area contributed by atoms with Crippen LogP contribution in [0.1, 0.15) is 22.3 Å². The van der Waals surface area contributed by atoms with Crippen molar-refractivity contribution >= 4 is 15.4 Å². The fraction of sp³-hybridized carbons (Fsp3) is 0.353. The zero-order chi connectivity index (χ0) is 14.0. The molecule has 0 heterocycles. The summed E-state index contributed by atoms with van der Waals surface area (Å²) in [5.74, 6) is 4.62. The fourth-order valence-corrected chi connectivity index (χ4v) is 1.47. The van der Waals surface area contributed by atoms with Crippen LogP contribution >= 0.6 is 0 Å². The number of aryl methyl sites for hydroxylation is 2. The van der Waals surface area contributed by atoms with E-state index >= 15 is 0 Å². The van der Waals surface area contributed by atoms with Gasteiger partial charge in [0.25, 0.3) is 0 Å². The van der Waals surface area contributed by atoms with Gasteiger partial charge in [0.05, 0.1) is 0 Å². The Balaban J connectivity index is -0.0000000664. The molecule has 2 rings (SSSR count). The van der Waals surface area contributed by atoms with Crippen LogP contribution in [0.5, 0.6) is 0 Å². The summed E-state index contributed by atoms with van der Waals surface area (Å²) in [6.45, 7) is 8.68. The first-order valence-corrected chi connectivity index (χ1v) is 12.6. The summed E-state index contributed by atoms with van der Waals surface area (Å²) in [7, 11) is 0. The van der Waals surface area contributed by atoms with E-state index in [9.17, 15) is 0 Å². The van der Waals surface area contributed by atoms with Gasteiger partial charge in [0, 0.05) is 0 Å². The maximum atomic E-state index is 2.89. The SMILES string of the molecule is Cc1c[c-](C)c(C)c1C.[CH3][GeH2][CH3].[Cl-].[Cl-].[NH2-].[Zr+2].[c-]1ccccc1. The largest absolute Gasteiger partial charge is 2.00 e. The van der Waals surface area contributed by atoms with Gasteiger partial charge in [-0.05, 0) is 0 Å². The Labute approximate surface area is 175 Å². The number of hydrogen-bond donors (Lipinski definition) is 0. The first-order chi connectivity index (χ1) is 8.54. The van der Waals surface area contributed by atoms with E-state index in [0.717, 1.165) is 0 Å². The molecule has 0 aromatic heterocycles. The third-order valence-electron chi connectivity index (χ3n) is 2.79. The summed E-state index contributed by atoms with van der Waals surface area (Å²) in [4.78, 5) is 0. The van der Waals surface area contributed by atoms with Crippen LogP contribution in [0, 0.1) is 33.8 Å². The molecule has 0 atom stereocenters. The van der Waals surface area contributed by atoms with Crippen LogP contribution < -0.4 is 24.8 Å². The number of halogens is 2. The van der Waals surface area contributed by atoms with Crippen LogP contribution in [0.2, 0.25) is 11.5 Å². The minimum absolute atomic E-state index is 0. The molecule has 2 aromatic rings. The smallest absolute Gasteiger partial charge is 1.00 e. The zero-order valence-electron chi connectivity index (χ0n) is 14.5. The van der Waals surface area contributed by atoms with Crippen LogP contribution in [0.25, 0.3) is 6.15 Å². The number of hydrogen-bond acceptors (Lipinski definition) is 0. The Hall–Kier alpha value is 0.536. The Morgan fingerprint density at radius 3 is 1.45 bits per heavy atom. The molecule has 1 nitrogen and oxygen atoms in total. The second kappa shape index (κ2) is 21.5. The van der Waals surface area contributed by atoms with Crippen LogP contribution in [0.15, 0.2) is 36.4 Å². The average molecular weight is 481 g/mol. The molecule has 0 fully saturated rings. The third-order valence-corrected chi connectivity index (χ3v) is 2.79. The number of benzene rings is 1. The molecule has 0 aliphatic heterocycles. The Morgan fingerprint density at radius 1 is 0.955 bits per heavy atom. The molecule has 0 spiro atoms. The molecule has 0 saturated heterocycles. The summed E-state index contributed by atoms with van der Waals surface area (Å²) in [5.41, 5.74) is 5.75. The molecular formula is C17H28Cl2GeNZr-3. The maximum absolute atomic E-state index is 2.89. The predicted molar refractivity (Wildman–Crippen MR) is 91.8 cm³/mol. The van der Waals surface area contributed by atoms with Crippen molar-refractivity contribution in [3.8, 4) is 0 Å². The predicted octanol–water partition coefficient (Wildman–Crippen LogP) is -0.900. The molecule has 126 valence electrons. The molecule has 0 unspecified atom stereocenters. The van der Waals surface area contributed by atoms with Gasteiger partial charge in [-0.25, -0.2) is 0 Å². The molecule has 0 amide bonds. The quantitative estimate of drug-likeness (QED) is 0.346. The van der Waals surface area contributed by atoms with Gasteiger partial charge in [0.1, 0.15) is 0 Å². The molecule has 2 aromatic carbocycles. The van der Waals surface area contributed by atoms with Gasteiger partial charge in [-0.3, -0.25) is 0 Å². The number of rotatable bonds is 0. The van der Waals surface area contributed by atoms with Crippen molar-refractivity contribution in [3.05, 3.63) is 70.9 Å². The van der Waals surface area contributed by atoms with E-state index in [-0.39, 0.29) is 72.6 Å². The van der Waals surface area contributed by atoms with E-state index in [1.807, 2.05) is 30.3 Å². The van der Waals surface area contributed by atoms with Crippen molar-refractivity contribution in [1.82, 2.24) is 0 Å². The van der Waals surface area contributed by atoms with E-state index < -0.39 is 0 Å². The Bertz CT molecular complexity index is 385. The summed E-state index contributed by atoms with van der Waals surface area (Å²) < 4.78 is 0. The van der Waals surface area contributed by atoms with E-state index in [4.69, 9.17) is 0 Å². The van der Waals surface area contributed by atoms with Gasteiger partial charge in [-0.2, -0.15) is 64.7 Å². The molecule has 22 heavy (non-hydrogen) atoms. The molecule has 0 bridgehead atoms. The van der Waals surface area contributed by atoms with Crippen LogP contribution in [0.3, 0.4) is 0 Å². The van der Waals surface area contributed by atoms with Gasteiger partial charge in [-0.15, -0.1) is 0 Å². The van der Waals surface area contributed by atoms with Gasteiger partial charge in [0.15, 0.2) is 0 Å². The first kappa shape index (κ1) is 34.0. The van der Waals surface area contributed by atoms with Gasteiger partial charge >= 0.3 is 53.1 Å². The molecule has 5 heteroatoms. The van der Waals surface area contributed by atoms with Gasteiger partial charge < -0.3 is 31.0 Å². The fourth-order valence-electron chi connectivity index (χ4n) is 1.47. The van der Waals surface area contributed by atoms with E-state index in [0.29, 0.717) is 0 Å². The van der Waals surface area contributed by atoms with E-state index in [2.05, 4.69) is 51.3 Å². The normalized spacial score (nSPS) is 7.18. The van der Waals surface area contributed by atoms with Crippen LogP contribution in [-0.2, 0) is 26.2 Å². The second-order valence-corrected chi connectivity index (χ2v) is 7.51. The Morgan fingerprint density at radius 2 is 1.36 bits per heavy atom. The summed E-state index contributed by atoms with van der Waals surface area (Å²) in [6.07, 6.45) is 0. The van der Waals surface area contributed by atoms with Crippen molar-refractivity contribution in [1.29, 1.82) is 0 Å². The average Bonchev–Trinajstić information content (AvgIpc) is 2.60. The van der Waals surface area contributed by atoms with Crippen molar-refractivity contribution in [2.45, 2.75) is 39.2 Å². The standard InChI is InChI=1S/C9H13.C6H5.C2H8Ge.2ClH.H2N.Zr/c1-6-5-7(2)9(4)8(6)3;1-2-4-6-5-3-1;1-3-2;;;;/h5H,1-4H3;1-5H;3H2,1-2H3;2*1H;1H2;/q2*-1;;;;-1;+2/p-2. The zero-order valence-corrected chi connectivity index (χ0v) is 21.4. The summed E-state index contributed by atoms with van der Waals surface area (Å²) in [6, 6.07) is 14.7. The van der Waals surface area contributed by atoms with Crippen LogP contribution in [0.4, 0.5) is 0 Å². The van der Waals surface area contributed by atoms with Crippen molar-refractivity contribution < 1.29 is 51.0 Å². The third kappa shape index (κ3) is 15.4. The molecular weight excluding hydrogens is 453 g/mol. The van der Waals surface area contributed by atoms with E-state index in [1.54, 1.807) is 0 Å². The molecule has 0 aliphatic rings. The topological polar surface area (TPSA) is 33.5 Å². The molecule has 0 radical (unpaired) electrons. The van der Waals surface area contributed by atoms with Crippen molar-refractivity contribution in [3.63, 3.8) is 0 Å². The summed E-state index contributed by atoms with van der Waals surface area (Å²) >= 11 is 0.125. The van der Waals surface area contributed by atoms with Gasteiger partial charge in [0.2, 0.25) is 0 Å². The van der Waals surface area contributed by atoms with Crippen LogP contribution in [-0.4, -0.2) is 15.4 Å². The van der Waals surface area contributed by atoms with Crippen molar-refractivity contribution in [2.75, 3.05) is 0 Å². The first-order valence-electron chi connectivity index (χ1n) is 6.65. The van der Waals surface area contributed by atoms with Gasteiger partial charge in [-0.1, -0.05) is 27.7 Å². The minimum Gasteiger partial charge on any atom is -1.00 e. The minimum atomic E-state index is 0. The molecule has 0 saturated carbocycles. The van der Waals surface area contributed by atoms with Crippen molar-refractivity contribution in [2.24, 2.45) is 0 Å². The number of nitrogens with two attached hydrogens (primary N) is 1. The van der Waals surface area contributed by atoms with E-state index in [1.165, 1.54) is 22.3 Å². The monoisotopic (exact) mass is 480 g/mol. The molecule has 0 aliphatic carbocycles. The molecule has 2 N–H and O–H groups in total.